The van der Waals surface area contributed by atoms with Crippen molar-refractivity contribution in [2.45, 2.75) is 77.7 Å². The Balaban J connectivity index is 1.90. The molecule has 0 aliphatic carbocycles. The Kier molecular flexibility index (Phi) is 10.0. The lowest BCUT2D eigenvalue weighted by molar-refractivity contribution is -0.173. The van der Waals surface area contributed by atoms with E-state index in [-0.39, 0.29) is 12.3 Å². The second-order valence-electron chi connectivity index (χ2n) is 9.96. The first-order chi connectivity index (χ1) is 15.3. The number of nitrogens with zero attached hydrogens (tertiary/aromatic N) is 2. The van der Waals surface area contributed by atoms with Crippen LogP contribution in [0.25, 0.3) is 0 Å². The first-order valence-electron chi connectivity index (χ1n) is 11.5. The molecule has 10 nitrogen and oxygen atoms in total. The van der Waals surface area contributed by atoms with Gasteiger partial charge in [0.05, 0.1) is 12.1 Å². The van der Waals surface area contributed by atoms with Crippen LogP contribution in [0.5, 0.6) is 0 Å². The minimum absolute atomic E-state index is 0.0272. The summed E-state index contributed by atoms with van der Waals surface area (Å²) in [5.74, 6) is -1.03. The number of carbonyl (C=O) groups is 2. The highest BCUT2D eigenvalue weighted by Gasteiger charge is 2.38. The highest BCUT2D eigenvalue weighted by Crippen LogP contribution is 2.26. The molecular formula is C22H39N4O6S-. The van der Waals surface area contributed by atoms with Gasteiger partial charge >= 0.3 is 0 Å². The summed E-state index contributed by atoms with van der Waals surface area (Å²) in [7, 11) is 1.82. The summed E-state index contributed by atoms with van der Waals surface area (Å²) in [4.78, 5) is 27.3. The van der Waals surface area contributed by atoms with Crippen molar-refractivity contribution in [2.75, 3.05) is 33.4 Å². The van der Waals surface area contributed by atoms with Gasteiger partial charge in [-0.15, -0.1) is 0 Å². The molecule has 33 heavy (non-hydrogen) atoms. The van der Waals surface area contributed by atoms with Crippen molar-refractivity contribution in [3.8, 4) is 0 Å². The fourth-order valence-electron chi connectivity index (χ4n) is 3.86. The third-order valence-corrected chi connectivity index (χ3v) is 7.48. The van der Waals surface area contributed by atoms with Gasteiger partial charge in [-0.05, 0) is 53.0 Å². The Hall–Kier alpha value is -1.37. The summed E-state index contributed by atoms with van der Waals surface area (Å²) in [5.41, 5.74) is 4.90. The van der Waals surface area contributed by atoms with Crippen molar-refractivity contribution in [3.63, 3.8) is 0 Å². The SMILES string of the molecule is CN(C1CCN(S(=O)[O-])CC1)C(C)(C)C(=O)NC(=O)C=C(N)C(C)(C)COC1CCCCO1. The average molecular weight is 488 g/mol. The maximum Gasteiger partial charge on any atom is 0.252 e. The van der Waals surface area contributed by atoms with Crippen molar-refractivity contribution < 1.29 is 27.8 Å². The van der Waals surface area contributed by atoms with Crippen LogP contribution in [0.15, 0.2) is 11.8 Å². The first-order valence-corrected chi connectivity index (χ1v) is 12.5. The van der Waals surface area contributed by atoms with E-state index < -0.39 is 34.0 Å². The molecule has 0 bridgehead atoms. The van der Waals surface area contributed by atoms with Crippen molar-refractivity contribution >= 4 is 23.1 Å². The van der Waals surface area contributed by atoms with E-state index in [4.69, 9.17) is 15.2 Å². The summed E-state index contributed by atoms with van der Waals surface area (Å²) in [6.07, 6.45) is 5.14. The zero-order valence-electron chi connectivity index (χ0n) is 20.4. The molecule has 0 aromatic rings. The van der Waals surface area contributed by atoms with Crippen LogP contribution in [0, 0.1) is 5.41 Å². The number of rotatable bonds is 9. The zero-order chi connectivity index (χ0) is 24.8. The fraction of sp³-hybridized carbons (Fsp3) is 0.818. The van der Waals surface area contributed by atoms with Crippen LogP contribution in [-0.4, -0.2) is 81.0 Å². The Morgan fingerprint density at radius 2 is 1.88 bits per heavy atom. The smallest absolute Gasteiger partial charge is 0.252 e. The highest BCUT2D eigenvalue weighted by molar-refractivity contribution is 7.76. The number of amides is 2. The Morgan fingerprint density at radius 3 is 2.42 bits per heavy atom. The standard InChI is InChI=1S/C22H40N4O6S/c1-21(2,15-32-19-8-6-7-13-31-19)17(23)14-18(27)24-20(28)22(3,4)25(5)16-9-11-26(12-10-16)33(29)30/h14,16,19H,6-13,15,23H2,1-5H3,(H,29,30)(H,24,27,28)/p-1. The molecule has 0 saturated carbocycles. The molecule has 0 aromatic heterocycles. The van der Waals surface area contributed by atoms with Crippen molar-refractivity contribution in [1.82, 2.24) is 14.5 Å². The number of hydrogen-bond donors (Lipinski definition) is 2. The molecule has 0 radical (unpaired) electrons. The molecule has 2 aliphatic heterocycles. The normalized spacial score (nSPS) is 22.9. The quantitative estimate of drug-likeness (QED) is 0.363. The molecule has 2 saturated heterocycles. The van der Waals surface area contributed by atoms with Crippen LogP contribution in [0.3, 0.4) is 0 Å². The molecule has 190 valence electrons. The Labute approximate surface area is 199 Å². The van der Waals surface area contributed by atoms with E-state index in [1.807, 2.05) is 25.8 Å². The Morgan fingerprint density at radius 1 is 1.24 bits per heavy atom. The van der Waals surface area contributed by atoms with E-state index in [0.717, 1.165) is 19.3 Å². The van der Waals surface area contributed by atoms with E-state index in [0.29, 0.717) is 44.8 Å². The number of hydrogen-bond acceptors (Lipinski definition) is 8. The lowest BCUT2D eigenvalue weighted by Gasteiger charge is -2.43. The van der Waals surface area contributed by atoms with Crippen molar-refractivity contribution in [2.24, 2.45) is 11.1 Å². The van der Waals surface area contributed by atoms with Crippen LogP contribution in [0.2, 0.25) is 0 Å². The third kappa shape index (κ3) is 7.83. The maximum atomic E-state index is 12.9. The van der Waals surface area contributed by atoms with E-state index >= 15 is 0 Å². The van der Waals surface area contributed by atoms with Gasteiger partial charge < -0.3 is 19.8 Å². The number of likely N-dealkylation sites (N-methyl/N-ethyl adjacent to an activating group) is 1. The lowest BCUT2D eigenvalue weighted by atomic mass is 9.90. The predicted octanol–water partition coefficient (Wildman–Crippen LogP) is 1.01. The largest absolute Gasteiger partial charge is 0.760 e. The molecule has 2 amide bonds. The maximum absolute atomic E-state index is 12.9. The van der Waals surface area contributed by atoms with Gasteiger partial charge in [0, 0.05) is 54.2 Å². The molecule has 3 N–H and O–H groups in total. The van der Waals surface area contributed by atoms with Crippen LogP contribution in [-0.2, 0) is 30.3 Å². The predicted molar refractivity (Wildman–Crippen MR) is 124 cm³/mol. The van der Waals surface area contributed by atoms with Gasteiger partial charge in [0.1, 0.15) is 0 Å². The van der Waals surface area contributed by atoms with Gasteiger partial charge in [0.2, 0.25) is 5.91 Å². The number of piperidine rings is 1. The van der Waals surface area contributed by atoms with Crippen LogP contribution >= 0.6 is 0 Å². The summed E-state index contributed by atoms with van der Waals surface area (Å²) < 4.78 is 35.0. The minimum atomic E-state index is -2.23. The number of nitrogens with one attached hydrogen (secondary N) is 1. The van der Waals surface area contributed by atoms with Gasteiger partial charge in [-0.1, -0.05) is 13.8 Å². The van der Waals surface area contributed by atoms with Gasteiger partial charge in [-0.25, -0.2) is 4.31 Å². The number of carbonyl (C=O) groups excluding carboxylic acids is 2. The monoisotopic (exact) mass is 487 g/mol. The first kappa shape index (κ1) is 27.9. The third-order valence-electron chi connectivity index (χ3n) is 6.69. The van der Waals surface area contributed by atoms with Gasteiger partial charge in [-0.3, -0.25) is 24.0 Å². The summed E-state index contributed by atoms with van der Waals surface area (Å²) in [6, 6.07) is 0.0272. The zero-order valence-corrected chi connectivity index (χ0v) is 21.2. The van der Waals surface area contributed by atoms with Gasteiger partial charge in [-0.2, -0.15) is 0 Å². The summed E-state index contributed by atoms with van der Waals surface area (Å²) >= 11 is -2.23. The molecule has 0 aromatic carbocycles. The molecular weight excluding hydrogens is 448 g/mol. The average Bonchev–Trinajstić information content (AvgIpc) is 2.77. The summed E-state index contributed by atoms with van der Waals surface area (Å²) in [5, 5.41) is 2.43. The van der Waals surface area contributed by atoms with Crippen molar-refractivity contribution in [3.05, 3.63) is 11.8 Å². The lowest BCUT2D eigenvalue weighted by Crippen LogP contribution is -2.59. The second-order valence-corrected chi connectivity index (χ2v) is 10.9. The molecule has 11 heteroatoms. The van der Waals surface area contributed by atoms with Crippen LogP contribution in [0.4, 0.5) is 0 Å². The molecule has 2 atom stereocenters. The van der Waals surface area contributed by atoms with Crippen molar-refractivity contribution in [1.29, 1.82) is 0 Å². The van der Waals surface area contributed by atoms with E-state index in [1.165, 1.54) is 10.4 Å². The molecule has 2 aliphatic rings. The molecule has 0 spiro atoms. The fourth-order valence-corrected chi connectivity index (χ4v) is 4.37. The van der Waals surface area contributed by atoms with E-state index in [2.05, 4.69) is 5.32 Å². The number of nitrogens with two attached hydrogens (primary N) is 1. The molecule has 2 unspecified atom stereocenters. The number of imide groups is 1. The second kappa shape index (κ2) is 11.9. The molecule has 2 rings (SSSR count). The van der Waals surface area contributed by atoms with E-state index in [9.17, 15) is 18.4 Å². The van der Waals surface area contributed by atoms with E-state index in [1.54, 1.807) is 13.8 Å². The highest BCUT2D eigenvalue weighted by atomic mass is 32.2. The molecule has 2 fully saturated rings. The molecule has 2 heterocycles. The topological polar surface area (TPSA) is 137 Å². The van der Waals surface area contributed by atoms with Gasteiger partial charge in [0.25, 0.3) is 5.91 Å². The van der Waals surface area contributed by atoms with Gasteiger partial charge in [0.15, 0.2) is 6.29 Å². The summed E-state index contributed by atoms with van der Waals surface area (Å²) in [6.45, 7) is 9.01. The number of ether oxygens (including phenoxy) is 2. The van der Waals surface area contributed by atoms with Crippen LogP contribution < -0.4 is 11.1 Å². The van der Waals surface area contributed by atoms with Crippen LogP contribution in [0.1, 0.15) is 59.8 Å². The minimum Gasteiger partial charge on any atom is -0.760 e. The Bertz CT molecular complexity index is 743.